The summed E-state index contributed by atoms with van der Waals surface area (Å²) in [5.74, 6) is 5.00. The Bertz CT molecular complexity index is 532. The standard InChI is InChI=1S/C11H6N2O3/c12-6-2-1-3-10-5-4-9(8-14)7-11(10)13(15)16/h4-5,7-8H,2H2. The Hall–Kier alpha value is -2.66. The van der Waals surface area contributed by atoms with Gasteiger partial charge in [0.2, 0.25) is 0 Å². The van der Waals surface area contributed by atoms with E-state index in [1.54, 1.807) is 0 Å². The van der Waals surface area contributed by atoms with Crippen LogP contribution in [0.1, 0.15) is 22.3 Å². The molecule has 5 heteroatoms. The molecule has 0 N–H and O–H groups in total. The molecule has 5 nitrogen and oxygen atoms in total. The number of aldehydes is 1. The Balaban J connectivity index is 3.20. The van der Waals surface area contributed by atoms with Crippen LogP contribution in [0.3, 0.4) is 0 Å². The van der Waals surface area contributed by atoms with Crippen LogP contribution >= 0.6 is 0 Å². The lowest BCUT2D eigenvalue weighted by Gasteiger charge is -1.96. The van der Waals surface area contributed by atoms with E-state index in [0.717, 1.165) is 6.07 Å². The molecule has 0 aliphatic heterocycles. The van der Waals surface area contributed by atoms with E-state index in [0.29, 0.717) is 6.29 Å². The largest absolute Gasteiger partial charge is 0.298 e. The number of benzene rings is 1. The summed E-state index contributed by atoms with van der Waals surface area (Å²) in [5, 5.41) is 19.0. The minimum absolute atomic E-state index is 0.00653. The van der Waals surface area contributed by atoms with Gasteiger partial charge in [0.05, 0.1) is 17.4 Å². The summed E-state index contributed by atoms with van der Waals surface area (Å²) < 4.78 is 0. The van der Waals surface area contributed by atoms with Crippen molar-refractivity contribution in [2.45, 2.75) is 6.42 Å². The van der Waals surface area contributed by atoms with Crippen molar-refractivity contribution in [1.29, 1.82) is 5.26 Å². The smallest absolute Gasteiger partial charge is 0.285 e. The van der Waals surface area contributed by atoms with Gasteiger partial charge in [0.25, 0.3) is 5.69 Å². The highest BCUT2D eigenvalue weighted by Gasteiger charge is 2.12. The zero-order valence-electron chi connectivity index (χ0n) is 8.14. The molecule has 0 unspecified atom stereocenters. The summed E-state index contributed by atoms with van der Waals surface area (Å²) in [6, 6.07) is 5.80. The number of hydrogen-bond acceptors (Lipinski definition) is 4. The van der Waals surface area contributed by atoms with E-state index < -0.39 is 4.92 Å². The lowest BCUT2D eigenvalue weighted by Crippen LogP contribution is -1.94. The van der Waals surface area contributed by atoms with Crippen LogP contribution in [0.2, 0.25) is 0 Å². The van der Waals surface area contributed by atoms with Gasteiger partial charge in [-0.1, -0.05) is 11.8 Å². The van der Waals surface area contributed by atoms with Crippen LogP contribution in [0.5, 0.6) is 0 Å². The first-order chi connectivity index (χ1) is 7.69. The molecule has 0 fully saturated rings. The highest BCUT2D eigenvalue weighted by Crippen LogP contribution is 2.18. The monoisotopic (exact) mass is 214 g/mol. The molecule has 0 saturated heterocycles. The van der Waals surface area contributed by atoms with Gasteiger partial charge in [-0.25, -0.2) is 0 Å². The van der Waals surface area contributed by atoms with E-state index in [-0.39, 0.29) is 23.2 Å². The molecule has 0 aliphatic rings. The molecule has 1 rings (SSSR count). The van der Waals surface area contributed by atoms with Gasteiger partial charge >= 0.3 is 0 Å². The summed E-state index contributed by atoms with van der Waals surface area (Å²) in [4.78, 5) is 20.5. The van der Waals surface area contributed by atoms with Gasteiger partial charge in [0.1, 0.15) is 11.8 Å². The molecule has 0 aromatic heterocycles. The maximum atomic E-state index is 10.7. The quantitative estimate of drug-likeness (QED) is 0.324. The molecule has 0 bridgehead atoms. The van der Waals surface area contributed by atoms with Gasteiger partial charge in [-0.3, -0.25) is 14.9 Å². The number of carbonyl (C=O) groups excluding carboxylic acids is 1. The Morgan fingerprint density at radius 1 is 1.50 bits per heavy atom. The van der Waals surface area contributed by atoms with Crippen LogP contribution in [0.15, 0.2) is 18.2 Å². The Kier molecular flexibility index (Phi) is 3.77. The Morgan fingerprint density at radius 2 is 2.25 bits per heavy atom. The molecule has 16 heavy (non-hydrogen) atoms. The number of rotatable bonds is 2. The van der Waals surface area contributed by atoms with E-state index in [2.05, 4.69) is 11.8 Å². The maximum Gasteiger partial charge on any atom is 0.285 e. The summed E-state index contributed by atoms with van der Waals surface area (Å²) in [6.45, 7) is 0. The molecule has 0 heterocycles. The Morgan fingerprint density at radius 3 is 2.81 bits per heavy atom. The molecule has 0 atom stereocenters. The summed E-state index contributed by atoms with van der Waals surface area (Å²) >= 11 is 0. The van der Waals surface area contributed by atoms with Gasteiger partial charge in [0, 0.05) is 11.6 Å². The number of hydrogen-bond donors (Lipinski definition) is 0. The van der Waals surface area contributed by atoms with E-state index in [4.69, 9.17) is 5.26 Å². The Labute approximate surface area is 91.5 Å². The average molecular weight is 214 g/mol. The molecule has 1 aromatic rings. The van der Waals surface area contributed by atoms with Gasteiger partial charge in [-0.15, -0.1) is 0 Å². The number of nitrogens with zero attached hydrogens (tertiary/aromatic N) is 2. The summed E-state index contributed by atoms with van der Waals surface area (Å²) in [6.07, 6.45) is 0.534. The molecular formula is C11H6N2O3. The van der Waals surface area contributed by atoms with Gasteiger partial charge in [0.15, 0.2) is 0 Å². The molecule has 0 radical (unpaired) electrons. The average Bonchev–Trinajstić information content (AvgIpc) is 2.29. The van der Waals surface area contributed by atoms with Crippen LogP contribution in [0.4, 0.5) is 5.69 Å². The molecule has 1 aromatic carbocycles. The zero-order valence-corrected chi connectivity index (χ0v) is 8.14. The molecule has 78 valence electrons. The first-order valence-electron chi connectivity index (χ1n) is 4.28. The van der Waals surface area contributed by atoms with Crippen molar-refractivity contribution in [2.75, 3.05) is 0 Å². The van der Waals surface area contributed by atoms with E-state index in [1.807, 2.05) is 6.07 Å². The van der Waals surface area contributed by atoms with Crippen molar-refractivity contribution in [3.8, 4) is 17.9 Å². The second-order valence-corrected chi connectivity index (χ2v) is 2.79. The first-order valence-corrected chi connectivity index (χ1v) is 4.28. The van der Waals surface area contributed by atoms with Gasteiger partial charge in [-0.2, -0.15) is 5.26 Å². The van der Waals surface area contributed by atoms with Crippen molar-refractivity contribution < 1.29 is 9.72 Å². The topological polar surface area (TPSA) is 84.0 Å². The number of nitro benzene ring substituents is 1. The zero-order chi connectivity index (χ0) is 12.0. The number of carbonyl (C=O) groups is 1. The summed E-state index contributed by atoms with van der Waals surface area (Å²) in [7, 11) is 0. The second-order valence-electron chi connectivity index (χ2n) is 2.79. The van der Waals surface area contributed by atoms with E-state index in [9.17, 15) is 14.9 Å². The third kappa shape index (κ3) is 2.66. The summed E-state index contributed by atoms with van der Waals surface area (Å²) in [5.41, 5.74) is 0.193. The number of nitro groups is 1. The third-order valence-corrected chi connectivity index (χ3v) is 1.75. The van der Waals surface area contributed by atoms with Crippen molar-refractivity contribution in [1.82, 2.24) is 0 Å². The lowest BCUT2D eigenvalue weighted by atomic mass is 10.1. The highest BCUT2D eigenvalue weighted by molar-refractivity contribution is 5.77. The van der Waals surface area contributed by atoms with Gasteiger partial charge < -0.3 is 0 Å². The van der Waals surface area contributed by atoms with Crippen LogP contribution < -0.4 is 0 Å². The fourth-order valence-corrected chi connectivity index (χ4v) is 1.06. The second kappa shape index (κ2) is 5.28. The predicted octanol–water partition coefficient (Wildman–Crippen LogP) is 1.67. The predicted molar refractivity (Wildman–Crippen MR) is 55.6 cm³/mol. The van der Waals surface area contributed by atoms with Crippen molar-refractivity contribution >= 4 is 12.0 Å². The van der Waals surface area contributed by atoms with Crippen molar-refractivity contribution in [3.63, 3.8) is 0 Å². The van der Waals surface area contributed by atoms with Crippen LogP contribution in [-0.2, 0) is 0 Å². The number of nitriles is 1. The lowest BCUT2D eigenvalue weighted by molar-refractivity contribution is -0.385. The van der Waals surface area contributed by atoms with Gasteiger partial charge in [-0.05, 0) is 12.1 Å². The highest BCUT2D eigenvalue weighted by atomic mass is 16.6. The molecule has 0 amide bonds. The fourth-order valence-electron chi connectivity index (χ4n) is 1.06. The maximum absolute atomic E-state index is 10.7. The van der Waals surface area contributed by atoms with Crippen molar-refractivity contribution in [3.05, 3.63) is 39.4 Å². The molecule has 0 saturated carbocycles. The van der Waals surface area contributed by atoms with Crippen LogP contribution in [-0.4, -0.2) is 11.2 Å². The van der Waals surface area contributed by atoms with Crippen LogP contribution in [0.25, 0.3) is 0 Å². The first kappa shape index (κ1) is 11.4. The third-order valence-electron chi connectivity index (χ3n) is 1.75. The van der Waals surface area contributed by atoms with Crippen LogP contribution in [0, 0.1) is 33.3 Å². The minimum atomic E-state index is -0.608. The molecule has 0 spiro atoms. The molecule has 0 aliphatic carbocycles. The van der Waals surface area contributed by atoms with Crippen molar-refractivity contribution in [2.24, 2.45) is 0 Å². The molecular weight excluding hydrogens is 208 g/mol. The minimum Gasteiger partial charge on any atom is -0.298 e. The van der Waals surface area contributed by atoms with E-state index >= 15 is 0 Å². The fraction of sp³-hybridized carbons (Fsp3) is 0.0909. The normalized spacial score (nSPS) is 8.44. The van der Waals surface area contributed by atoms with E-state index in [1.165, 1.54) is 12.1 Å². The SMILES string of the molecule is N#CCC#Cc1ccc(C=O)cc1[N+](=O)[O-].